The number of nitriles is 1. The molecule has 0 radical (unpaired) electrons. The van der Waals surface area contributed by atoms with Crippen LogP contribution in [0.15, 0.2) is 42.5 Å². The van der Waals surface area contributed by atoms with Gasteiger partial charge in [-0.2, -0.15) is 5.26 Å². The van der Waals surface area contributed by atoms with Crippen LogP contribution in [0.3, 0.4) is 0 Å². The maximum absolute atomic E-state index is 10.4. The van der Waals surface area contributed by atoms with Crippen molar-refractivity contribution in [3.63, 3.8) is 0 Å². The van der Waals surface area contributed by atoms with Gasteiger partial charge in [0.1, 0.15) is 0 Å². The standard InChI is InChI=1S/C18H17ClN2O/c19-17-6-5-14-7-8-21(11-16(14)9-17)12-18(22)15-3-1-13(10-20)2-4-15/h1-6,9,18,22H,7-8,11-12H2. The SMILES string of the molecule is N#Cc1ccc(C(O)CN2CCc3ccc(Cl)cc3C2)cc1. The molecule has 22 heavy (non-hydrogen) atoms. The highest BCUT2D eigenvalue weighted by atomic mass is 35.5. The molecule has 112 valence electrons. The lowest BCUT2D eigenvalue weighted by Crippen LogP contribution is -2.34. The zero-order valence-electron chi connectivity index (χ0n) is 12.2. The van der Waals surface area contributed by atoms with Crippen LogP contribution in [-0.4, -0.2) is 23.1 Å². The lowest BCUT2D eigenvalue weighted by atomic mass is 9.99. The van der Waals surface area contributed by atoms with E-state index in [4.69, 9.17) is 16.9 Å². The van der Waals surface area contributed by atoms with Crippen molar-refractivity contribution in [3.05, 3.63) is 69.7 Å². The average molecular weight is 313 g/mol. The maximum Gasteiger partial charge on any atom is 0.0991 e. The molecular formula is C18H17ClN2O. The fourth-order valence-corrected chi connectivity index (χ4v) is 3.06. The van der Waals surface area contributed by atoms with Gasteiger partial charge >= 0.3 is 0 Å². The second-order valence-electron chi connectivity index (χ2n) is 5.65. The minimum atomic E-state index is -0.548. The number of halogens is 1. The summed E-state index contributed by atoms with van der Waals surface area (Å²) in [4.78, 5) is 2.24. The van der Waals surface area contributed by atoms with Gasteiger partial charge in [-0.15, -0.1) is 0 Å². The summed E-state index contributed by atoms with van der Waals surface area (Å²) in [5.74, 6) is 0. The first-order valence-corrected chi connectivity index (χ1v) is 7.71. The Balaban J connectivity index is 1.67. The predicted octanol–water partition coefficient (Wildman–Crippen LogP) is 3.30. The van der Waals surface area contributed by atoms with E-state index in [1.807, 2.05) is 24.3 Å². The van der Waals surface area contributed by atoms with E-state index < -0.39 is 6.10 Å². The van der Waals surface area contributed by atoms with Gasteiger partial charge in [0.2, 0.25) is 0 Å². The van der Waals surface area contributed by atoms with Gasteiger partial charge in [0.15, 0.2) is 0 Å². The van der Waals surface area contributed by atoms with E-state index in [1.165, 1.54) is 11.1 Å². The fourth-order valence-electron chi connectivity index (χ4n) is 2.87. The van der Waals surface area contributed by atoms with Crippen LogP contribution in [0.1, 0.15) is 28.4 Å². The zero-order valence-corrected chi connectivity index (χ0v) is 12.9. The number of nitrogens with zero attached hydrogens (tertiary/aromatic N) is 2. The third kappa shape index (κ3) is 3.31. The summed E-state index contributed by atoms with van der Waals surface area (Å²) in [6, 6.07) is 15.2. The van der Waals surface area contributed by atoms with E-state index in [0.29, 0.717) is 12.1 Å². The maximum atomic E-state index is 10.4. The molecule has 1 atom stereocenters. The summed E-state index contributed by atoms with van der Waals surface area (Å²) in [5, 5.41) is 20.0. The van der Waals surface area contributed by atoms with Gasteiger partial charge in [0.25, 0.3) is 0 Å². The number of hydrogen-bond acceptors (Lipinski definition) is 3. The Morgan fingerprint density at radius 1 is 1.18 bits per heavy atom. The molecule has 1 unspecified atom stereocenters. The van der Waals surface area contributed by atoms with Crippen LogP contribution in [0.2, 0.25) is 5.02 Å². The normalized spacial score (nSPS) is 15.9. The molecule has 0 aliphatic carbocycles. The Morgan fingerprint density at radius 3 is 2.68 bits per heavy atom. The summed E-state index contributed by atoms with van der Waals surface area (Å²) < 4.78 is 0. The molecule has 0 aromatic heterocycles. The molecule has 2 aromatic carbocycles. The highest BCUT2D eigenvalue weighted by molar-refractivity contribution is 6.30. The summed E-state index contributed by atoms with van der Waals surface area (Å²) >= 11 is 6.06. The van der Waals surface area contributed by atoms with Gasteiger partial charge in [-0.1, -0.05) is 29.8 Å². The summed E-state index contributed by atoms with van der Waals surface area (Å²) in [6.07, 6.45) is 0.431. The first-order valence-electron chi connectivity index (χ1n) is 7.33. The van der Waals surface area contributed by atoms with Crippen LogP contribution >= 0.6 is 11.6 Å². The van der Waals surface area contributed by atoms with Gasteiger partial charge in [0.05, 0.1) is 17.7 Å². The monoisotopic (exact) mass is 312 g/mol. The van der Waals surface area contributed by atoms with Gasteiger partial charge in [-0.25, -0.2) is 0 Å². The van der Waals surface area contributed by atoms with E-state index in [-0.39, 0.29) is 0 Å². The molecule has 1 aliphatic heterocycles. The molecule has 4 heteroatoms. The smallest absolute Gasteiger partial charge is 0.0991 e. The molecule has 3 nitrogen and oxygen atoms in total. The Kier molecular flexibility index (Phi) is 4.44. The van der Waals surface area contributed by atoms with Crippen molar-refractivity contribution in [2.24, 2.45) is 0 Å². The summed E-state index contributed by atoms with van der Waals surface area (Å²) in [5.41, 5.74) is 4.03. The Labute approximate surface area is 135 Å². The number of benzene rings is 2. The number of rotatable bonds is 3. The number of β-amino-alcohol motifs (C(OH)–C–C–N with tert-alkyl or cyclic N) is 1. The number of aliphatic hydroxyl groups is 1. The molecule has 0 saturated heterocycles. The lowest BCUT2D eigenvalue weighted by molar-refractivity contribution is 0.106. The van der Waals surface area contributed by atoms with E-state index in [0.717, 1.165) is 30.1 Å². The number of hydrogen-bond donors (Lipinski definition) is 1. The molecule has 0 bridgehead atoms. The van der Waals surface area contributed by atoms with E-state index in [2.05, 4.69) is 17.0 Å². The van der Waals surface area contributed by atoms with Gasteiger partial charge < -0.3 is 5.11 Å². The quantitative estimate of drug-likeness (QED) is 0.946. The molecule has 0 fully saturated rings. The van der Waals surface area contributed by atoms with Crippen molar-refractivity contribution in [2.45, 2.75) is 19.1 Å². The van der Waals surface area contributed by atoms with Crippen LogP contribution < -0.4 is 0 Å². The van der Waals surface area contributed by atoms with Crippen LogP contribution in [-0.2, 0) is 13.0 Å². The molecule has 1 heterocycles. The average Bonchev–Trinajstić information content (AvgIpc) is 2.54. The van der Waals surface area contributed by atoms with Gasteiger partial charge in [-0.3, -0.25) is 4.90 Å². The van der Waals surface area contributed by atoms with Crippen LogP contribution in [0.5, 0.6) is 0 Å². The van der Waals surface area contributed by atoms with Crippen LogP contribution in [0.4, 0.5) is 0 Å². The molecule has 2 aromatic rings. The second kappa shape index (κ2) is 6.50. The third-order valence-corrected chi connectivity index (χ3v) is 4.35. The van der Waals surface area contributed by atoms with Gasteiger partial charge in [0, 0.05) is 24.7 Å². The molecule has 1 aliphatic rings. The third-order valence-electron chi connectivity index (χ3n) is 4.12. The molecule has 3 rings (SSSR count). The molecule has 0 spiro atoms. The van der Waals surface area contributed by atoms with Crippen molar-refractivity contribution in [1.82, 2.24) is 4.90 Å². The fraction of sp³-hybridized carbons (Fsp3) is 0.278. The summed E-state index contributed by atoms with van der Waals surface area (Å²) in [7, 11) is 0. The van der Waals surface area contributed by atoms with Crippen molar-refractivity contribution >= 4 is 11.6 Å². The summed E-state index contributed by atoms with van der Waals surface area (Å²) in [6.45, 7) is 2.32. The predicted molar refractivity (Wildman–Crippen MR) is 86.5 cm³/mol. The number of aliphatic hydroxyl groups excluding tert-OH is 1. The Hall–Kier alpha value is -1.86. The van der Waals surface area contributed by atoms with Crippen molar-refractivity contribution in [3.8, 4) is 6.07 Å². The first kappa shape index (κ1) is 15.1. The molecule has 0 saturated carbocycles. The van der Waals surface area contributed by atoms with Crippen molar-refractivity contribution in [2.75, 3.05) is 13.1 Å². The largest absolute Gasteiger partial charge is 0.387 e. The highest BCUT2D eigenvalue weighted by Gasteiger charge is 2.19. The van der Waals surface area contributed by atoms with E-state index >= 15 is 0 Å². The van der Waals surface area contributed by atoms with E-state index in [1.54, 1.807) is 12.1 Å². The Bertz CT molecular complexity index is 706. The van der Waals surface area contributed by atoms with Gasteiger partial charge in [-0.05, 0) is 47.4 Å². The molecule has 0 amide bonds. The van der Waals surface area contributed by atoms with Crippen LogP contribution in [0, 0.1) is 11.3 Å². The van der Waals surface area contributed by atoms with E-state index in [9.17, 15) is 5.11 Å². The molecule has 1 N–H and O–H groups in total. The highest BCUT2D eigenvalue weighted by Crippen LogP contribution is 2.24. The second-order valence-corrected chi connectivity index (χ2v) is 6.08. The topological polar surface area (TPSA) is 47.3 Å². The number of fused-ring (bicyclic) bond motifs is 1. The first-order chi connectivity index (χ1) is 10.7. The Morgan fingerprint density at radius 2 is 1.95 bits per heavy atom. The van der Waals surface area contributed by atoms with Crippen molar-refractivity contribution in [1.29, 1.82) is 5.26 Å². The minimum Gasteiger partial charge on any atom is -0.387 e. The minimum absolute atomic E-state index is 0.548. The van der Waals surface area contributed by atoms with Crippen LogP contribution in [0.25, 0.3) is 0 Å². The zero-order chi connectivity index (χ0) is 15.5. The lowest BCUT2D eigenvalue weighted by Gasteiger charge is -2.30. The van der Waals surface area contributed by atoms with Crippen molar-refractivity contribution < 1.29 is 5.11 Å². The molecular weight excluding hydrogens is 296 g/mol.